The maximum atomic E-state index is 12.4. The molecule has 0 saturated heterocycles. The molecule has 0 spiro atoms. The van der Waals surface area contributed by atoms with Crippen molar-refractivity contribution < 1.29 is 8.42 Å². The van der Waals surface area contributed by atoms with Crippen LogP contribution in [0.25, 0.3) is 11.2 Å². The summed E-state index contributed by atoms with van der Waals surface area (Å²) in [5.41, 5.74) is 7.05. The van der Waals surface area contributed by atoms with E-state index in [1.807, 2.05) is 0 Å². The Labute approximate surface area is 124 Å². The zero-order valence-corrected chi connectivity index (χ0v) is 12.1. The van der Waals surface area contributed by atoms with Crippen LogP contribution in [0.5, 0.6) is 0 Å². The molecule has 8 nitrogen and oxygen atoms in total. The highest BCUT2D eigenvalue weighted by atomic mass is 32.2. The van der Waals surface area contributed by atoms with Gasteiger partial charge in [0.2, 0.25) is 0 Å². The quantitative estimate of drug-likeness (QED) is 0.493. The van der Waals surface area contributed by atoms with E-state index >= 15 is 0 Å². The van der Waals surface area contributed by atoms with Gasteiger partial charge in [-0.05, 0) is 24.3 Å². The van der Waals surface area contributed by atoms with E-state index in [4.69, 9.17) is 18.0 Å². The van der Waals surface area contributed by atoms with E-state index in [0.717, 1.165) is 10.3 Å². The molecule has 4 N–H and O–H groups in total. The predicted octanol–water partition coefficient (Wildman–Crippen LogP) is 1.28. The Bertz CT molecular complexity index is 958. The van der Waals surface area contributed by atoms with Gasteiger partial charge in [0.25, 0.3) is 0 Å². The molecule has 10 heteroatoms. The summed E-state index contributed by atoms with van der Waals surface area (Å²) in [5.74, 6) is 0. The van der Waals surface area contributed by atoms with Gasteiger partial charge in [0.1, 0.15) is 11.8 Å². The minimum absolute atomic E-state index is 0.227. The molecule has 0 aliphatic carbocycles. The number of anilines is 2. The van der Waals surface area contributed by atoms with Crippen molar-refractivity contribution in [3.63, 3.8) is 0 Å². The van der Waals surface area contributed by atoms with Crippen LogP contribution in [-0.4, -0.2) is 27.3 Å². The highest BCUT2D eigenvalue weighted by Crippen LogP contribution is 2.16. The lowest BCUT2D eigenvalue weighted by Crippen LogP contribution is -2.21. The van der Waals surface area contributed by atoms with Gasteiger partial charge in [-0.15, -0.1) is 0 Å². The molecule has 21 heavy (non-hydrogen) atoms. The van der Waals surface area contributed by atoms with Crippen LogP contribution in [0.15, 0.2) is 36.9 Å². The molecular weight excluding hydrogens is 312 g/mol. The van der Waals surface area contributed by atoms with E-state index in [1.54, 1.807) is 24.3 Å². The molecule has 2 heterocycles. The van der Waals surface area contributed by atoms with E-state index in [0.29, 0.717) is 16.9 Å². The summed E-state index contributed by atoms with van der Waals surface area (Å²) in [5, 5.41) is 0. The number of hydrogen-bond donors (Lipinski definition) is 3. The van der Waals surface area contributed by atoms with Crippen LogP contribution >= 0.6 is 12.2 Å². The number of rotatable bonds is 3. The van der Waals surface area contributed by atoms with Crippen LogP contribution in [0.4, 0.5) is 11.4 Å². The van der Waals surface area contributed by atoms with Crippen LogP contribution in [0.1, 0.15) is 0 Å². The summed E-state index contributed by atoms with van der Waals surface area (Å²) < 4.78 is 28.4. The normalized spacial score (nSPS) is 11.6. The fourth-order valence-electron chi connectivity index (χ4n) is 1.77. The first-order valence-corrected chi connectivity index (χ1v) is 7.62. The van der Waals surface area contributed by atoms with Crippen molar-refractivity contribution in [3.8, 4) is 0 Å². The van der Waals surface area contributed by atoms with Crippen molar-refractivity contribution in [2.45, 2.75) is 0 Å². The molecule has 2 aromatic heterocycles. The second-order valence-electron chi connectivity index (χ2n) is 4.17. The number of fused-ring (bicyclic) bond motifs is 1. The van der Waals surface area contributed by atoms with Crippen molar-refractivity contribution in [1.82, 2.24) is 18.9 Å². The number of aromatic nitrogens is 4. The maximum absolute atomic E-state index is 12.4. The Morgan fingerprint density at radius 2 is 1.95 bits per heavy atom. The molecule has 0 atom stereocenters. The van der Waals surface area contributed by atoms with Crippen LogP contribution in [-0.2, 0) is 10.2 Å². The average molecular weight is 322 g/mol. The zero-order valence-electron chi connectivity index (χ0n) is 10.5. The fourth-order valence-corrected chi connectivity index (χ4v) is 3.05. The number of imidazole rings is 1. The predicted molar refractivity (Wildman–Crippen MR) is 81.5 cm³/mol. The SMILES string of the molecule is Nc1ccc(NS(=O)(=O)n2cnc3c(=S)nc[nH]c32)cc1. The van der Waals surface area contributed by atoms with Gasteiger partial charge < -0.3 is 10.7 Å². The molecule has 0 fully saturated rings. The monoisotopic (exact) mass is 322 g/mol. The minimum Gasteiger partial charge on any atom is -0.399 e. The van der Waals surface area contributed by atoms with E-state index < -0.39 is 10.2 Å². The molecule has 108 valence electrons. The highest BCUT2D eigenvalue weighted by molar-refractivity contribution is 7.91. The third kappa shape index (κ3) is 2.45. The van der Waals surface area contributed by atoms with Crippen molar-refractivity contribution >= 4 is 45.0 Å². The van der Waals surface area contributed by atoms with E-state index in [9.17, 15) is 8.42 Å². The van der Waals surface area contributed by atoms with Gasteiger partial charge in [-0.1, -0.05) is 12.2 Å². The van der Waals surface area contributed by atoms with Gasteiger partial charge >= 0.3 is 10.2 Å². The molecular formula is C11H10N6O2S2. The number of H-pyrrole nitrogens is 1. The lowest BCUT2D eigenvalue weighted by molar-refractivity contribution is 0.594. The van der Waals surface area contributed by atoms with Crippen LogP contribution in [0.2, 0.25) is 0 Å². The topological polar surface area (TPSA) is 119 Å². The van der Waals surface area contributed by atoms with E-state index in [2.05, 4.69) is 19.7 Å². The Kier molecular flexibility index (Phi) is 3.11. The van der Waals surface area contributed by atoms with E-state index in [1.165, 1.54) is 6.33 Å². The first-order valence-electron chi connectivity index (χ1n) is 5.77. The lowest BCUT2D eigenvalue weighted by atomic mass is 10.3. The largest absolute Gasteiger partial charge is 0.399 e. The first kappa shape index (κ1) is 13.5. The summed E-state index contributed by atoms with van der Waals surface area (Å²) in [6.45, 7) is 0. The van der Waals surface area contributed by atoms with Crippen LogP contribution < -0.4 is 10.5 Å². The summed E-state index contributed by atoms with van der Waals surface area (Å²) in [6, 6.07) is 6.33. The number of nitrogens with two attached hydrogens (primary N) is 1. The fraction of sp³-hybridized carbons (Fsp3) is 0. The van der Waals surface area contributed by atoms with Gasteiger partial charge in [-0.2, -0.15) is 12.4 Å². The third-order valence-electron chi connectivity index (χ3n) is 2.74. The van der Waals surface area contributed by atoms with Crippen LogP contribution in [0, 0.1) is 4.64 Å². The summed E-state index contributed by atoms with van der Waals surface area (Å²) >= 11 is 5.00. The molecule has 0 aliphatic heterocycles. The second kappa shape index (κ2) is 4.82. The molecule has 3 aromatic rings. The van der Waals surface area contributed by atoms with E-state index in [-0.39, 0.29) is 10.3 Å². The van der Waals surface area contributed by atoms with Gasteiger partial charge in [0, 0.05) is 5.69 Å². The van der Waals surface area contributed by atoms with Crippen molar-refractivity contribution in [3.05, 3.63) is 41.6 Å². The van der Waals surface area contributed by atoms with Crippen molar-refractivity contribution in [2.24, 2.45) is 0 Å². The Morgan fingerprint density at radius 3 is 2.67 bits per heavy atom. The molecule has 0 saturated carbocycles. The number of hydrogen-bond acceptors (Lipinski definition) is 6. The first-order chi connectivity index (χ1) is 9.97. The number of nitrogen functional groups attached to an aromatic ring is 1. The summed E-state index contributed by atoms with van der Waals surface area (Å²) in [4.78, 5) is 10.5. The van der Waals surface area contributed by atoms with Crippen molar-refractivity contribution in [2.75, 3.05) is 10.5 Å². The van der Waals surface area contributed by atoms with Crippen LogP contribution in [0.3, 0.4) is 0 Å². The molecule has 3 rings (SSSR count). The Balaban J connectivity index is 2.06. The lowest BCUT2D eigenvalue weighted by Gasteiger charge is -2.09. The number of aromatic amines is 1. The molecule has 0 amide bonds. The van der Waals surface area contributed by atoms with Gasteiger partial charge in [0.15, 0.2) is 10.3 Å². The minimum atomic E-state index is -3.87. The second-order valence-corrected chi connectivity index (χ2v) is 6.11. The van der Waals surface area contributed by atoms with Gasteiger partial charge in [0.05, 0.1) is 12.0 Å². The van der Waals surface area contributed by atoms with Gasteiger partial charge in [-0.25, -0.2) is 9.97 Å². The molecule has 1 aromatic carbocycles. The standard InChI is InChI=1S/C11H10N6O2S2/c12-7-1-3-8(4-2-7)16-21(18,19)17-6-15-9-10(17)13-5-14-11(9)20/h1-6,16H,12H2,(H,13,14,20). The Hall–Kier alpha value is -2.46. The number of nitrogens with one attached hydrogen (secondary N) is 2. The molecule has 0 aliphatic rings. The number of benzene rings is 1. The maximum Gasteiger partial charge on any atom is 0.330 e. The number of nitrogens with zero attached hydrogens (tertiary/aromatic N) is 3. The van der Waals surface area contributed by atoms with Crippen molar-refractivity contribution in [1.29, 1.82) is 0 Å². The van der Waals surface area contributed by atoms with Gasteiger partial charge in [-0.3, -0.25) is 4.72 Å². The summed E-state index contributed by atoms with van der Waals surface area (Å²) in [7, 11) is -3.87. The Morgan fingerprint density at radius 1 is 1.24 bits per heavy atom. The smallest absolute Gasteiger partial charge is 0.330 e. The third-order valence-corrected chi connectivity index (χ3v) is 4.33. The molecule has 0 radical (unpaired) electrons. The molecule has 0 bridgehead atoms. The average Bonchev–Trinajstić information content (AvgIpc) is 2.87. The summed E-state index contributed by atoms with van der Waals surface area (Å²) in [6.07, 6.45) is 2.49. The molecule has 0 unspecified atom stereocenters. The highest BCUT2D eigenvalue weighted by Gasteiger charge is 2.17. The zero-order chi connectivity index (χ0) is 15.0.